The first-order valence-electron chi connectivity index (χ1n) is 2.72. The summed E-state index contributed by atoms with van der Waals surface area (Å²) in [5.41, 5.74) is 0. The van der Waals surface area contributed by atoms with Gasteiger partial charge in [0, 0.05) is 5.25 Å². The maximum Gasteiger partial charge on any atom is 0.00542 e. The number of thiol groups is 1. The van der Waals surface area contributed by atoms with Crippen LogP contribution in [0.4, 0.5) is 0 Å². The summed E-state index contributed by atoms with van der Waals surface area (Å²) < 4.78 is 0. The molecule has 0 bridgehead atoms. The average Bonchev–Trinajstić information content (AvgIpc) is 1.69. The summed E-state index contributed by atoms with van der Waals surface area (Å²) in [5.74, 6) is 0. The minimum Gasteiger partial charge on any atom is -0.176 e. The zero-order valence-electron chi connectivity index (χ0n) is 4.30. The van der Waals surface area contributed by atoms with Gasteiger partial charge >= 0.3 is 0 Å². The molecule has 1 aliphatic rings. The fourth-order valence-corrected chi connectivity index (χ4v) is 1.05. The zero-order chi connectivity index (χ0) is 5.11. The molecule has 0 aromatic heterocycles. The molecule has 0 saturated carbocycles. The lowest BCUT2D eigenvalue weighted by Gasteiger charge is -2.08. The molecule has 0 spiro atoms. The molecule has 0 amide bonds. The second-order valence-electron chi connectivity index (χ2n) is 1.94. The predicted octanol–water partition coefficient (Wildman–Crippen LogP) is 2.02. The predicted molar refractivity (Wildman–Crippen MR) is 35.8 cm³/mol. The van der Waals surface area contributed by atoms with Crippen LogP contribution in [-0.4, -0.2) is 5.25 Å². The maximum absolute atomic E-state index is 4.31. The van der Waals surface area contributed by atoms with Crippen LogP contribution >= 0.6 is 12.6 Å². The van der Waals surface area contributed by atoms with E-state index >= 15 is 0 Å². The third-order valence-electron chi connectivity index (χ3n) is 1.24. The summed E-state index contributed by atoms with van der Waals surface area (Å²) in [6, 6.07) is 0. The molecule has 1 aliphatic carbocycles. The highest BCUT2D eigenvalue weighted by atomic mass is 32.1. The molecule has 1 heteroatoms. The van der Waals surface area contributed by atoms with Crippen LogP contribution in [0.2, 0.25) is 0 Å². The summed E-state index contributed by atoms with van der Waals surface area (Å²) >= 11 is 4.31. The largest absolute Gasteiger partial charge is 0.176 e. The van der Waals surface area contributed by atoms with Gasteiger partial charge in [-0.25, -0.2) is 0 Å². The molecule has 1 atom stereocenters. The van der Waals surface area contributed by atoms with Gasteiger partial charge in [-0.1, -0.05) is 12.2 Å². The molecule has 0 radical (unpaired) electrons. The van der Waals surface area contributed by atoms with Crippen molar-refractivity contribution in [2.45, 2.75) is 24.5 Å². The highest BCUT2D eigenvalue weighted by Gasteiger charge is 2.01. The van der Waals surface area contributed by atoms with Gasteiger partial charge in [0.25, 0.3) is 0 Å². The first-order valence-corrected chi connectivity index (χ1v) is 3.24. The van der Waals surface area contributed by atoms with Gasteiger partial charge in [-0.15, -0.1) is 0 Å². The monoisotopic (exact) mass is 114 g/mol. The van der Waals surface area contributed by atoms with Gasteiger partial charge in [0.1, 0.15) is 0 Å². The molecule has 0 fully saturated rings. The van der Waals surface area contributed by atoms with E-state index in [-0.39, 0.29) is 0 Å². The molecule has 0 unspecified atom stereocenters. The second-order valence-corrected chi connectivity index (χ2v) is 2.67. The Balaban J connectivity index is 2.32. The molecule has 0 aromatic rings. The van der Waals surface area contributed by atoms with E-state index < -0.39 is 0 Å². The van der Waals surface area contributed by atoms with Crippen LogP contribution in [0.5, 0.6) is 0 Å². The summed E-state index contributed by atoms with van der Waals surface area (Å²) in [4.78, 5) is 0. The minimum atomic E-state index is 0.644. The van der Waals surface area contributed by atoms with E-state index in [0.29, 0.717) is 5.25 Å². The van der Waals surface area contributed by atoms with E-state index in [1.54, 1.807) is 0 Å². The highest BCUT2D eigenvalue weighted by Crippen LogP contribution is 2.14. The maximum atomic E-state index is 4.31. The third kappa shape index (κ3) is 1.56. The standard InChI is InChI=1S/C6H10S/c7-6-4-2-1-3-5-6/h1-2,6-7H,3-5H2/t6-/m0/s1. The van der Waals surface area contributed by atoms with Crippen LogP contribution in [0.25, 0.3) is 0 Å². The Morgan fingerprint density at radius 2 is 2.29 bits per heavy atom. The van der Waals surface area contributed by atoms with Crippen molar-refractivity contribution >= 4 is 12.6 Å². The van der Waals surface area contributed by atoms with Crippen LogP contribution in [0.3, 0.4) is 0 Å². The lowest BCUT2D eigenvalue weighted by Crippen LogP contribution is -1.98. The van der Waals surface area contributed by atoms with E-state index in [9.17, 15) is 0 Å². The average molecular weight is 114 g/mol. The fourth-order valence-electron chi connectivity index (χ4n) is 0.778. The third-order valence-corrected chi connectivity index (χ3v) is 1.71. The van der Waals surface area contributed by atoms with Gasteiger partial charge in [-0.05, 0) is 19.3 Å². The Morgan fingerprint density at radius 1 is 1.43 bits per heavy atom. The van der Waals surface area contributed by atoms with E-state index in [1.807, 2.05) is 0 Å². The smallest absolute Gasteiger partial charge is 0.00542 e. The van der Waals surface area contributed by atoms with Crippen LogP contribution in [-0.2, 0) is 0 Å². The summed E-state index contributed by atoms with van der Waals surface area (Å²) in [6.45, 7) is 0. The van der Waals surface area contributed by atoms with Gasteiger partial charge < -0.3 is 0 Å². The molecule has 0 aliphatic heterocycles. The first-order chi connectivity index (χ1) is 3.39. The van der Waals surface area contributed by atoms with E-state index in [2.05, 4.69) is 24.8 Å². The Hall–Kier alpha value is 0.0900. The molecule has 1 rings (SSSR count). The Bertz CT molecular complexity index is 76.2. The van der Waals surface area contributed by atoms with Gasteiger partial charge in [-0.3, -0.25) is 0 Å². The van der Waals surface area contributed by atoms with Crippen LogP contribution in [0, 0.1) is 0 Å². The summed E-state index contributed by atoms with van der Waals surface area (Å²) in [6.07, 6.45) is 8.10. The number of allylic oxidation sites excluding steroid dienone is 2. The van der Waals surface area contributed by atoms with Gasteiger partial charge in [0.05, 0.1) is 0 Å². The lowest BCUT2D eigenvalue weighted by molar-refractivity contribution is 0.753. The van der Waals surface area contributed by atoms with Crippen molar-refractivity contribution in [1.29, 1.82) is 0 Å². The fraction of sp³-hybridized carbons (Fsp3) is 0.667. The Kier molecular flexibility index (Phi) is 1.80. The van der Waals surface area contributed by atoms with Crippen molar-refractivity contribution in [1.82, 2.24) is 0 Å². The van der Waals surface area contributed by atoms with Crippen molar-refractivity contribution in [3.05, 3.63) is 12.2 Å². The molecule has 0 aromatic carbocycles. The van der Waals surface area contributed by atoms with E-state index in [0.717, 1.165) is 0 Å². The van der Waals surface area contributed by atoms with Crippen molar-refractivity contribution in [2.24, 2.45) is 0 Å². The zero-order valence-corrected chi connectivity index (χ0v) is 5.20. The molecule has 0 heterocycles. The van der Waals surface area contributed by atoms with Crippen molar-refractivity contribution in [3.63, 3.8) is 0 Å². The van der Waals surface area contributed by atoms with Crippen LogP contribution < -0.4 is 0 Å². The topological polar surface area (TPSA) is 0 Å². The quantitative estimate of drug-likeness (QED) is 0.361. The molecule has 0 N–H and O–H groups in total. The molecule has 0 nitrogen and oxygen atoms in total. The number of hydrogen-bond acceptors (Lipinski definition) is 1. The van der Waals surface area contributed by atoms with Crippen molar-refractivity contribution in [3.8, 4) is 0 Å². The van der Waals surface area contributed by atoms with Crippen molar-refractivity contribution in [2.75, 3.05) is 0 Å². The van der Waals surface area contributed by atoms with E-state index in [1.165, 1.54) is 19.3 Å². The lowest BCUT2D eigenvalue weighted by atomic mass is 10.1. The normalized spacial score (nSPS) is 30.7. The molecular formula is C6H10S. The molecule has 40 valence electrons. The summed E-state index contributed by atoms with van der Waals surface area (Å²) in [5, 5.41) is 0.644. The van der Waals surface area contributed by atoms with Crippen molar-refractivity contribution < 1.29 is 0 Å². The number of rotatable bonds is 0. The van der Waals surface area contributed by atoms with Crippen LogP contribution in [0.15, 0.2) is 12.2 Å². The minimum absolute atomic E-state index is 0.644. The van der Waals surface area contributed by atoms with Gasteiger partial charge in [-0.2, -0.15) is 12.6 Å². The summed E-state index contributed by atoms with van der Waals surface area (Å²) in [7, 11) is 0. The van der Waals surface area contributed by atoms with Gasteiger partial charge in [0.15, 0.2) is 0 Å². The Morgan fingerprint density at radius 3 is 2.57 bits per heavy atom. The first kappa shape index (κ1) is 5.23. The van der Waals surface area contributed by atoms with Gasteiger partial charge in [0.2, 0.25) is 0 Å². The second kappa shape index (κ2) is 2.41. The molecular weight excluding hydrogens is 104 g/mol. The van der Waals surface area contributed by atoms with E-state index in [4.69, 9.17) is 0 Å². The van der Waals surface area contributed by atoms with Crippen LogP contribution in [0.1, 0.15) is 19.3 Å². The Labute approximate surface area is 50.0 Å². The number of hydrogen-bond donors (Lipinski definition) is 1. The molecule has 0 saturated heterocycles. The molecule has 7 heavy (non-hydrogen) atoms. The highest BCUT2D eigenvalue weighted by molar-refractivity contribution is 7.80. The SMILES string of the molecule is S[C@H]1CC=CCC1.